The molecule has 0 radical (unpaired) electrons. The summed E-state index contributed by atoms with van der Waals surface area (Å²) in [6.07, 6.45) is -3.06. The maximum Gasteiger partial charge on any atom is 0.413 e. The summed E-state index contributed by atoms with van der Waals surface area (Å²) in [6.45, 7) is 0. The largest absolute Gasteiger partial charge is 0.497 e. The number of hydrogen-bond acceptors (Lipinski definition) is 1. The van der Waals surface area contributed by atoms with Gasteiger partial charge in [0.25, 0.3) is 0 Å². The molecule has 0 saturated heterocycles. The third-order valence-corrected chi connectivity index (χ3v) is 3.66. The van der Waals surface area contributed by atoms with Crippen LogP contribution in [0.1, 0.15) is 11.1 Å². The SMILES string of the molecule is COc1ccc(-c2cccc3c2C=C(C(F)(F)F)C3)cc1. The van der Waals surface area contributed by atoms with Crippen LogP contribution < -0.4 is 4.74 Å². The predicted molar refractivity (Wildman–Crippen MR) is 76.2 cm³/mol. The third kappa shape index (κ3) is 2.53. The van der Waals surface area contributed by atoms with Crippen LogP contribution in [0.5, 0.6) is 5.75 Å². The van der Waals surface area contributed by atoms with Crippen LogP contribution in [0.15, 0.2) is 48.0 Å². The van der Waals surface area contributed by atoms with Crippen LogP contribution in [0, 0.1) is 0 Å². The summed E-state index contributed by atoms with van der Waals surface area (Å²) in [5.41, 5.74) is 2.59. The molecule has 0 bridgehead atoms. The van der Waals surface area contributed by atoms with Crippen LogP contribution in [-0.4, -0.2) is 13.3 Å². The minimum atomic E-state index is -4.27. The summed E-state index contributed by atoms with van der Waals surface area (Å²) in [4.78, 5) is 0. The second-order valence-corrected chi connectivity index (χ2v) is 4.95. The molecule has 0 N–H and O–H groups in total. The Morgan fingerprint density at radius 3 is 2.33 bits per heavy atom. The number of hydrogen-bond donors (Lipinski definition) is 0. The van der Waals surface area contributed by atoms with Gasteiger partial charge in [-0.05, 0) is 40.5 Å². The molecule has 1 nitrogen and oxygen atoms in total. The van der Waals surface area contributed by atoms with E-state index in [2.05, 4.69) is 0 Å². The molecule has 3 rings (SSSR count). The molecule has 0 saturated carbocycles. The Bertz CT molecular complexity index is 697. The molecule has 4 heteroatoms. The summed E-state index contributed by atoms with van der Waals surface area (Å²) in [5.74, 6) is 0.720. The minimum Gasteiger partial charge on any atom is -0.497 e. The smallest absolute Gasteiger partial charge is 0.413 e. The van der Waals surface area contributed by atoms with Crippen molar-refractivity contribution in [1.29, 1.82) is 0 Å². The Labute approximate surface area is 120 Å². The fourth-order valence-electron chi connectivity index (χ4n) is 2.57. The Balaban J connectivity index is 2.06. The molecular weight excluding hydrogens is 277 g/mol. The van der Waals surface area contributed by atoms with Crippen LogP contribution >= 0.6 is 0 Å². The summed E-state index contributed by atoms with van der Waals surface area (Å²) in [6, 6.07) is 12.7. The summed E-state index contributed by atoms with van der Waals surface area (Å²) >= 11 is 0. The van der Waals surface area contributed by atoms with Gasteiger partial charge in [-0.2, -0.15) is 13.2 Å². The number of alkyl halides is 3. The van der Waals surface area contributed by atoms with Crippen LogP contribution in [0.3, 0.4) is 0 Å². The van der Waals surface area contributed by atoms with Crippen molar-refractivity contribution in [1.82, 2.24) is 0 Å². The first-order chi connectivity index (χ1) is 9.99. The predicted octanol–water partition coefficient (Wildman–Crippen LogP) is 4.86. The average Bonchev–Trinajstić information content (AvgIpc) is 2.91. The van der Waals surface area contributed by atoms with Crippen LogP contribution in [0.25, 0.3) is 17.2 Å². The molecule has 21 heavy (non-hydrogen) atoms. The highest BCUT2D eigenvalue weighted by Gasteiger charge is 2.36. The molecule has 108 valence electrons. The zero-order chi connectivity index (χ0) is 15.0. The van der Waals surface area contributed by atoms with E-state index in [-0.39, 0.29) is 6.42 Å². The molecule has 0 atom stereocenters. The van der Waals surface area contributed by atoms with Gasteiger partial charge in [0.1, 0.15) is 5.75 Å². The summed E-state index contributed by atoms with van der Waals surface area (Å²) < 4.78 is 43.7. The third-order valence-electron chi connectivity index (χ3n) is 3.66. The fourth-order valence-corrected chi connectivity index (χ4v) is 2.57. The fraction of sp³-hybridized carbons (Fsp3) is 0.176. The zero-order valence-electron chi connectivity index (χ0n) is 11.4. The van der Waals surface area contributed by atoms with E-state index in [1.54, 1.807) is 31.4 Å². The number of ether oxygens (including phenoxy) is 1. The van der Waals surface area contributed by atoms with Crippen molar-refractivity contribution in [3.63, 3.8) is 0 Å². The Morgan fingerprint density at radius 1 is 1.00 bits per heavy atom. The van der Waals surface area contributed by atoms with Crippen molar-refractivity contribution in [2.45, 2.75) is 12.6 Å². The Morgan fingerprint density at radius 2 is 1.71 bits per heavy atom. The highest BCUT2D eigenvalue weighted by Crippen LogP contribution is 2.40. The van der Waals surface area contributed by atoms with Crippen molar-refractivity contribution in [3.8, 4) is 16.9 Å². The molecule has 0 fully saturated rings. The highest BCUT2D eigenvalue weighted by molar-refractivity contribution is 5.81. The van der Waals surface area contributed by atoms with Gasteiger partial charge in [0.05, 0.1) is 7.11 Å². The first kappa shape index (κ1) is 13.7. The molecule has 0 amide bonds. The molecule has 0 aromatic heterocycles. The van der Waals surface area contributed by atoms with E-state index in [0.29, 0.717) is 5.56 Å². The molecule has 2 aromatic rings. The Kier molecular flexibility index (Phi) is 3.24. The maximum absolute atomic E-state index is 12.9. The normalized spacial score (nSPS) is 13.8. The van der Waals surface area contributed by atoms with Gasteiger partial charge in [0, 0.05) is 12.0 Å². The number of allylic oxidation sites excluding steroid dienone is 1. The lowest BCUT2D eigenvalue weighted by molar-refractivity contribution is -0.0918. The van der Waals surface area contributed by atoms with Gasteiger partial charge in [-0.15, -0.1) is 0 Å². The number of fused-ring (bicyclic) bond motifs is 1. The van der Waals surface area contributed by atoms with Crippen molar-refractivity contribution in [2.75, 3.05) is 7.11 Å². The number of halogens is 3. The monoisotopic (exact) mass is 290 g/mol. The first-order valence-electron chi connectivity index (χ1n) is 6.53. The molecule has 0 unspecified atom stereocenters. The number of methoxy groups -OCH3 is 1. The average molecular weight is 290 g/mol. The molecule has 0 heterocycles. The molecule has 1 aliphatic carbocycles. The van der Waals surface area contributed by atoms with Gasteiger partial charge >= 0.3 is 6.18 Å². The molecule has 0 spiro atoms. The molecule has 1 aliphatic rings. The summed E-state index contributed by atoms with van der Waals surface area (Å²) in [7, 11) is 1.58. The first-order valence-corrected chi connectivity index (χ1v) is 6.53. The van der Waals surface area contributed by atoms with E-state index in [4.69, 9.17) is 4.74 Å². The van der Waals surface area contributed by atoms with Gasteiger partial charge in [0.2, 0.25) is 0 Å². The Hall–Kier alpha value is -2.23. The van der Waals surface area contributed by atoms with Gasteiger partial charge in [-0.25, -0.2) is 0 Å². The standard InChI is InChI=1S/C17H13F3O/c1-21-14-7-5-11(6-8-14)15-4-2-3-12-9-13(10-16(12)15)17(18,19)20/h2-8,10H,9H2,1H3. The van der Waals surface area contributed by atoms with E-state index >= 15 is 0 Å². The van der Waals surface area contributed by atoms with Gasteiger partial charge in [-0.1, -0.05) is 30.3 Å². The maximum atomic E-state index is 12.9. The number of benzene rings is 2. The van der Waals surface area contributed by atoms with Gasteiger partial charge in [-0.3, -0.25) is 0 Å². The zero-order valence-corrected chi connectivity index (χ0v) is 11.4. The van der Waals surface area contributed by atoms with E-state index in [0.717, 1.165) is 22.4 Å². The van der Waals surface area contributed by atoms with Crippen LogP contribution in [0.4, 0.5) is 13.2 Å². The summed E-state index contributed by atoms with van der Waals surface area (Å²) in [5, 5.41) is 0. The quantitative estimate of drug-likeness (QED) is 0.767. The van der Waals surface area contributed by atoms with Gasteiger partial charge < -0.3 is 4.74 Å². The van der Waals surface area contributed by atoms with E-state index in [9.17, 15) is 13.2 Å². The lowest BCUT2D eigenvalue weighted by Gasteiger charge is -2.08. The van der Waals surface area contributed by atoms with Gasteiger partial charge in [0.15, 0.2) is 0 Å². The topological polar surface area (TPSA) is 9.23 Å². The van der Waals surface area contributed by atoms with Crippen molar-refractivity contribution < 1.29 is 17.9 Å². The minimum absolute atomic E-state index is 0.0527. The molecule has 0 aliphatic heterocycles. The van der Waals surface area contributed by atoms with Crippen LogP contribution in [-0.2, 0) is 6.42 Å². The lowest BCUT2D eigenvalue weighted by Crippen LogP contribution is -2.11. The second kappa shape index (κ2) is 4.95. The van der Waals surface area contributed by atoms with E-state index in [1.165, 1.54) is 6.08 Å². The van der Waals surface area contributed by atoms with Crippen LogP contribution in [0.2, 0.25) is 0 Å². The van der Waals surface area contributed by atoms with E-state index < -0.39 is 11.7 Å². The van der Waals surface area contributed by atoms with Crippen molar-refractivity contribution in [2.24, 2.45) is 0 Å². The highest BCUT2D eigenvalue weighted by atomic mass is 19.4. The lowest BCUT2D eigenvalue weighted by atomic mass is 9.97. The van der Waals surface area contributed by atoms with Crippen molar-refractivity contribution >= 4 is 6.08 Å². The molecular formula is C17H13F3O. The number of rotatable bonds is 2. The molecule has 2 aromatic carbocycles. The second-order valence-electron chi connectivity index (χ2n) is 4.95. The van der Waals surface area contributed by atoms with Crippen molar-refractivity contribution in [3.05, 3.63) is 59.2 Å². The van der Waals surface area contributed by atoms with E-state index in [1.807, 2.05) is 18.2 Å².